The number of rotatable bonds is 3. The minimum Gasteiger partial charge on any atom is -0.465 e. The number of aryl methyl sites for hydroxylation is 2. The highest BCUT2D eigenvalue weighted by Crippen LogP contribution is 2.27. The summed E-state index contributed by atoms with van der Waals surface area (Å²) in [4.78, 5) is 38.9. The summed E-state index contributed by atoms with van der Waals surface area (Å²) < 4.78 is 3.08. The molecule has 158 valence electrons. The Kier molecular flexibility index (Phi) is 4.35. The highest BCUT2D eigenvalue weighted by molar-refractivity contribution is 5.85. The summed E-state index contributed by atoms with van der Waals surface area (Å²) in [6.07, 6.45) is 2.96. The number of hydrogen-bond acceptors (Lipinski definition) is 6. The Hall–Kier alpha value is -3.95. The van der Waals surface area contributed by atoms with E-state index in [0.29, 0.717) is 30.1 Å². The van der Waals surface area contributed by atoms with Gasteiger partial charge in [0.1, 0.15) is 5.52 Å². The molecule has 5 rings (SSSR count). The first kappa shape index (κ1) is 19.0. The van der Waals surface area contributed by atoms with E-state index < -0.39 is 6.09 Å². The maximum Gasteiger partial charge on any atom is 0.407 e. The number of nitrogens with zero attached hydrogens (tertiary/aromatic N) is 6. The van der Waals surface area contributed by atoms with Gasteiger partial charge in [-0.25, -0.2) is 14.6 Å². The molecule has 31 heavy (non-hydrogen) atoms. The molecule has 1 aliphatic rings. The molecule has 1 aromatic carbocycles. The maximum absolute atomic E-state index is 12.9. The third kappa shape index (κ3) is 3.16. The van der Waals surface area contributed by atoms with Crippen LogP contribution in [0.2, 0.25) is 0 Å². The van der Waals surface area contributed by atoms with Crippen LogP contribution < -0.4 is 11.0 Å². The van der Waals surface area contributed by atoms with Gasteiger partial charge in [0.05, 0.1) is 17.8 Å². The van der Waals surface area contributed by atoms with E-state index in [-0.39, 0.29) is 18.3 Å². The van der Waals surface area contributed by atoms with E-state index in [9.17, 15) is 14.7 Å². The van der Waals surface area contributed by atoms with Gasteiger partial charge in [0.2, 0.25) is 5.95 Å². The van der Waals surface area contributed by atoms with Crippen LogP contribution in [0.5, 0.6) is 0 Å². The zero-order valence-corrected chi connectivity index (χ0v) is 17.1. The topological polar surface area (TPSA) is 118 Å². The maximum atomic E-state index is 12.9. The van der Waals surface area contributed by atoms with Crippen LogP contribution in [-0.2, 0) is 7.05 Å². The van der Waals surface area contributed by atoms with Crippen molar-refractivity contribution in [2.45, 2.75) is 19.4 Å². The van der Waals surface area contributed by atoms with Crippen molar-refractivity contribution < 1.29 is 9.90 Å². The van der Waals surface area contributed by atoms with E-state index in [4.69, 9.17) is 0 Å². The number of carboxylic acid groups (broad SMARTS) is 1. The fourth-order valence-electron chi connectivity index (χ4n) is 4.13. The quantitative estimate of drug-likeness (QED) is 0.524. The number of likely N-dealkylation sites (tertiary alicyclic amines) is 1. The predicted molar refractivity (Wildman–Crippen MR) is 116 cm³/mol. The molecule has 1 aliphatic heterocycles. The first-order valence-corrected chi connectivity index (χ1v) is 9.96. The zero-order valence-electron chi connectivity index (χ0n) is 17.1. The van der Waals surface area contributed by atoms with Gasteiger partial charge in [-0.05, 0) is 37.1 Å². The van der Waals surface area contributed by atoms with E-state index in [1.165, 1.54) is 9.47 Å². The fraction of sp³-hybridized carbons (Fsp3) is 0.286. The molecule has 1 atom stereocenters. The van der Waals surface area contributed by atoms with Gasteiger partial charge in [-0.15, -0.1) is 0 Å². The van der Waals surface area contributed by atoms with Gasteiger partial charge in [0.15, 0.2) is 5.65 Å². The number of benzene rings is 1. The lowest BCUT2D eigenvalue weighted by Gasteiger charge is -2.14. The SMILES string of the molecule is Cc1cc2ncccc2cc1Nc1ncc2c(n1)n([C@@H]1CCN(C(=O)O)C1)c(=O)n2C. The van der Waals surface area contributed by atoms with E-state index >= 15 is 0 Å². The number of anilines is 2. The number of pyridine rings is 1. The normalized spacial score (nSPS) is 16.3. The number of nitrogens with one attached hydrogen (secondary N) is 1. The Labute approximate surface area is 176 Å². The molecular weight excluding hydrogens is 398 g/mol. The summed E-state index contributed by atoms with van der Waals surface area (Å²) in [6, 6.07) is 7.59. The third-order valence-corrected chi connectivity index (χ3v) is 5.83. The van der Waals surface area contributed by atoms with Crippen molar-refractivity contribution in [1.82, 2.24) is 29.0 Å². The van der Waals surface area contributed by atoms with Gasteiger partial charge >= 0.3 is 11.8 Å². The van der Waals surface area contributed by atoms with Crippen molar-refractivity contribution in [2.75, 3.05) is 18.4 Å². The molecule has 0 bridgehead atoms. The zero-order chi connectivity index (χ0) is 21.7. The minimum absolute atomic E-state index is 0.230. The van der Waals surface area contributed by atoms with Crippen molar-refractivity contribution in [2.24, 2.45) is 7.05 Å². The second-order valence-corrected chi connectivity index (χ2v) is 7.77. The fourth-order valence-corrected chi connectivity index (χ4v) is 4.13. The van der Waals surface area contributed by atoms with Gasteiger partial charge in [-0.2, -0.15) is 4.98 Å². The second kappa shape index (κ2) is 7.08. The number of carbonyl (C=O) groups is 1. The lowest BCUT2D eigenvalue weighted by molar-refractivity contribution is 0.154. The van der Waals surface area contributed by atoms with Gasteiger partial charge in [-0.3, -0.25) is 14.1 Å². The van der Waals surface area contributed by atoms with Crippen LogP contribution in [0.25, 0.3) is 22.1 Å². The first-order valence-electron chi connectivity index (χ1n) is 9.96. The first-order chi connectivity index (χ1) is 14.9. The van der Waals surface area contributed by atoms with Crippen molar-refractivity contribution in [3.8, 4) is 0 Å². The predicted octanol–water partition coefficient (Wildman–Crippen LogP) is 2.66. The molecule has 1 saturated heterocycles. The number of aromatic nitrogens is 5. The molecule has 4 aromatic rings. The Balaban J connectivity index is 1.55. The molecule has 0 radical (unpaired) electrons. The van der Waals surface area contributed by atoms with Gasteiger partial charge in [0, 0.05) is 37.4 Å². The lowest BCUT2D eigenvalue weighted by Crippen LogP contribution is -2.30. The molecule has 1 fully saturated rings. The van der Waals surface area contributed by atoms with Gasteiger partial charge in [-0.1, -0.05) is 6.07 Å². The molecule has 0 spiro atoms. The number of hydrogen-bond donors (Lipinski definition) is 2. The van der Waals surface area contributed by atoms with Crippen LogP contribution in [0.1, 0.15) is 18.0 Å². The molecule has 2 N–H and O–H groups in total. The molecule has 4 heterocycles. The van der Waals surface area contributed by atoms with Crippen molar-refractivity contribution >= 4 is 39.8 Å². The lowest BCUT2D eigenvalue weighted by atomic mass is 10.1. The van der Waals surface area contributed by atoms with Crippen LogP contribution in [0.3, 0.4) is 0 Å². The van der Waals surface area contributed by atoms with Crippen LogP contribution in [0, 0.1) is 6.92 Å². The standard InChI is InChI=1S/C21H21N7O3/c1-12-8-16-13(4-3-6-22-16)9-15(12)24-19-23-10-17-18(25-19)28(20(29)26(17)2)14-5-7-27(11-14)21(30)31/h3-4,6,8-10,14H,5,7,11H2,1-2H3,(H,30,31)(H,23,24,25)/t14-/m1/s1. The molecule has 10 nitrogen and oxygen atoms in total. The van der Waals surface area contributed by atoms with Crippen LogP contribution >= 0.6 is 0 Å². The molecule has 1 amide bonds. The van der Waals surface area contributed by atoms with Crippen LogP contribution in [-0.4, -0.2) is 53.3 Å². The average molecular weight is 419 g/mol. The molecule has 0 aliphatic carbocycles. The number of fused-ring (bicyclic) bond motifs is 2. The molecule has 0 unspecified atom stereocenters. The summed E-state index contributed by atoms with van der Waals surface area (Å²) in [6.45, 7) is 2.63. The van der Waals surface area contributed by atoms with Crippen molar-refractivity contribution in [3.05, 3.63) is 52.7 Å². The summed E-state index contributed by atoms with van der Waals surface area (Å²) in [5.74, 6) is 0.367. The van der Waals surface area contributed by atoms with E-state index in [1.807, 2.05) is 31.2 Å². The molecule has 0 saturated carbocycles. The molecule has 3 aromatic heterocycles. The Morgan fingerprint density at radius 3 is 2.90 bits per heavy atom. The number of amides is 1. The van der Waals surface area contributed by atoms with Gasteiger partial charge < -0.3 is 15.3 Å². The summed E-state index contributed by atoms with van der Waals surface area (Å²) in [5.41, 5.74) is 3.61. The average Bonchev–Trinajstić information content (AvgIpc) is 3.32. The highest BCUT2D eigenvalue weighted by Gasteiger charge is 2.30. The van der Waals surface area contributed by atoms with Gasteiger partial charge in [0.25, 0.3) is 0 Å². The highest BCUT2D eigenvalue weighted by atomic mass is 16.4. The molecular formula is C21H21N7O3. The third-order valence-electron chi connectivity index (χ3n) is 5.83. The largest absolute Gasteiger partial charge is 0.465 e. The summed E-state index contributed by atoms with van der Waals surface area (Å²) >= 11 is 0. The molecule has 10 heteroatoms. The van der Waals surface area contributed by atoms with Crippen molar-refractivity contribution in [1.29, 1.82) is 0 Å². The van der Waals surface area contributed by atoms with E-state index in [0.717, 1.165) is 22.2 Å². The Bertz CT molecular complexity index is 1390. The Morgan fingerprint density at radius 2 is 2.13 bits per heavy atom. The van der Waals surface area contributed by atoms with E-state index in [1.54, 1.807) is 24.0 Å². The van der Waals surface area contributed by atoms with Crippen LogP contribution in [0.15, 0.2) is 41.5 Å². The summed E-state index contributed by atoms with van der Waals surface area (Å²) in [7, 11) is 1.67. The van der Waals surface area contributed by atoms with Crippen molar-refractivity contribution in [3.63, 3.8) is 0 Å². The second-order valence-electron chi connectivity index (χ2n) is 7.77. The van der Waals surface area contributed by atoms with E-state index in [2.05, 4.69) is 20.3 Å². The monoisotopic (exact) mass is 419 g/mol. The summed E-state index contributed by atoms with van der Waals surface area (Å²) in [5, 5.41) is 13.5. The number of imidazole rings is 1. The minimum atomic E-state index is -0.978. The smallest absolute Gasteiger partial charge is 0.407 e. The Morgan fingerprint density at radius 1 is 1.29 bits per heavy atom. The van der Waals surface area contributed by atoms with Crippen LogP contribution in [0.4, 0.5) is 16.4 Å².